The van der Waals surface area contributed by atoms with Gasteiger partial charge < -0.3 is 35.4 Å². The summed E-state index contributed by atoms with van der Waals surface area (Å²) in [5, 5.41) is 30.8. The van der Waals surface area contributed by atoms with Gasteiger partial charge in [0, 0.05) is 5.71 Å². The van der Waals surface area contributed by atoms with Gasteiger partial charge in [0.15, 0.2) is 0 Å². The van der Waals surface area contributed by atoms with E-state index in [-0.39, 0.29) is 63.0 Å². The van der Waals surface area contributed by atoms with Gasteiger partial charge in [-0.15, -0.1) is 0 Å². The molecule has 1 fully saturated rings. The first-order valence-electron chi connectivity index (χ1n) is 10.2. The molecule has 0 amide bonds. The van der Waals surface area contributed by atoms with Crippen LogP contribution in [0.5, 0.6) is 0 Å². The van der Waals surface area contributed by atoms with Crippen LogP contribution >= 0.6 is 11.6 Å². The van der Waals surface area contributed by atoms with Crippen LogP contribution in [0.4, 0.5) is 10.2 Å². The number of aromatic nitrogens is 1. The maximum atomic E-state index is 14.0. The number of nitrogens with zero attached hydrogens (tertiary/aromatic N) is 1. The molecule has 0 radical (unpaired) electrons. The van der Waals surface area contributed by atoms with Gasteiger partial charge in [-0.2, -0.15) is 0 Å². The largest absolute Gasteiger partial charge is 1.00 e. The van der Waals surface area contributed by atoms with Crippen LogP contribution in [0.15, 0.2) is 24.4 Å². The van der Waals surface area contributed by atoms with Crippen molar-refractivity contribution >= 4 is 23.1 Å². The first-order valence-corrected chi connectivity index (χ1v) is 10.6. The Bertz CT molecular complexity index is 883. The molecule has 4 atom stereocenters. The van der Waals surface area contributed by atoms with E-state index in [1.54, 1.807) is 26.2 Å². The minimum absolute atomic E-state index is 0. The van der Waals surface area contributed by atoms with E-state index >= 15 is 0 Å². The molecule has 0 aliphatic carbocycles. The van der Waals surface area contributed by atoms with E-state index in [1.165, 1.54) is 6.07 Å². The minimum atomic E-state index is -1.03. The summed E-state index contributed by atoms with van der Waals surface area (Å²) in [6.07, 6.45) is -1.01. The molecule has 2 aliphatic heterocycles. The van der Waals surface area contributed by atoms with E-state index in [4.69, 9.17) is 26.5 Å². The van der Waals surface area contributed by atoms with Gasteiger partial charge in [0.05, 0.1) is 18.2 Å². The maximum absolute atomic E-state index is 14.0. The van der Waals surface area contributed by atoms with Crippen LogP contribution in [0.3, 0.4) is 0 Å². The smallest absolute Gasteiger partial charge is 0.469 e. The van der Waals surface area contributed by atoms with E-state index in [9.17, 15) is 14.6 Å². The molecule has 32 heavy (non-hydrogen) atoms. The molecule has 0 saturated carbocycles. The number of hydrogen-bond acceptors (Lipinski definition) is 5. The first kappa shape index (κ1) is 29.7. The maximum Gasteiger partial charge on any atom is 1.00 e. The summed E-state index contributed by atoms with van der Waals surface area (Å²) in [7, 11) is 1.71. The second-order valence-corrected chi connectivity index (χ2v) is 7.32. The molecule has 2 aromatic rings. The number of rotatable bonds is 3. The van der Waals surface area contributed by atoms with Gasteiger partial charge in [0.25, 0.3) is 0 Å². The quantitative estimate of drug-likeness (QED) is 0.381. The minimum Gasteiger partial charge on any atom is -0.469 e. The number of fused-ring (bicyclic) bond motifs is 1. The van der Waals surface area contributed by atoms with Crippen molar-refractivity contribution in [1.82, 2.24) is 4.98 Å². The van der Waals surface area contributed by atoms with Gasteiger partial charge in [0.2, 0.25) is 0 Å². The van der Waals surface area contributed by atoms with Crippen LogP contribution in [-0.2, 0) is 15.9 Å². The Balaban J connectivity index is 0.000000337. The average molecular weight is 494 g/mol. The fourth-order valence-corrected chi connectivity index (χ4v) is 3.70. The van der Waals surface area contributed by atoms with Crippen LogP contribution < -0.4 is 51.4 Å². The molecule has 4 N–H and O–H groups in total. The number of aliphatic hydroxyl groups excluding tert-OH is 2. The molecule has 172 valence electrons. The summed E-state index contributed by atoms with van der Waals surface area (Å²) in [5.74, 6) is 0.341. The molecule has 3 heterocycles. The van der Waals surface area contributed by atoms with Crippen LogP contribution in [0, 0.1) is 11.2 Å². The number of nitrogens with one attached hydrogen (secondary N) is 2. The van der Waals surface area contributed by atoms with Gasteiger partial charge in [-0.25, -0.2) is 4.39 Å². The van der Waals surface area contributed by atoms with Gasteiger partial charge in [0.1, 0.15) is 30.2 Å². The Morgan fingerprint density at radius 3 is 2.47 bits per heavy atom. The standard InChI is InChI=1S/C13H14ClFO4.C7H10N3.C2H6.K/c14-8-2-1-7-6(10(8)15)3-4-18-12(7)13-11(17)9(16)5-19-13;1-5(8)6-3-4-10-7(6)9-2;1-2;/h1-2,9,11-13,16-17H,3-5H2;3-4,8,10H,1-2H3;1-2H3;/q;-1;;+1. The number of ether oxygens (including phenoxy) is 2. The Hall–Kier alpha value is -0.334. The SMILES string of the molecule is CC.C[N-]c1[nH]ccc1C(C)=N.OC1COC(C2OCCc3c2ccc(Cl)c3F)C1O.[K+]. The molecule has 1 aromatic heterocycles. The zero-order valence-electron chi connectivity index (χ0n) is 19.2. The second-order valence-electron chi connectivity index (χ2n) is 6.91. The van der Waals surface area contributed by atoms with E-state index in [0.29, 0.717) is 29.9 Å². The molecule has 1 saturated heterocycles. The predicted octanol–water partition coefficient (Wildman–Crippen LogP) is 1.28. The molecule has 4 unspecified atom stereocenters. The molecule has 0 bridgehead atoms. The summed E-state index contributed by atoms with van der Waals surface area (Å²) in [4.78, 5) is 2.93. The molecule has 4 rings (SSSR count). The molecular formula is C22H30ClFKN3O4. The molecule has 10 heteroatoms. The Labute approximate surface area is 236 Å². The number of aliphatic hydroxyl groups is 2. The summed E-state index contributed by atoms with van der Waals surface area (Å²) < 4.78 is 24.9. The summed E-state index contributed by atoms with van der Waals surface area (Å²) in [5.41, 5.74) is 2.55. The fourth-order valence-electron chi connectivity index (χ4n) is 3.52. The van der Waals surface area contributed by atoms with E-state index < -0.39 is 30.2 Å². The molecule has 0 spiro atoms. The first-order chi connectivity index (χ1) is 14.8. The molecule has 2 aliphatic rings. The van der Waals surface area contributed by atoms with Crippen molar-refractivity contribution in [2.45, 2.75) is 51.6 Å². The van der Waals surface area contributed by atoms with Crippen molar-refractivity contribution in [2.24, 2.45) is 0 Å². The van der Waals surface area contributed by atoms with E-state index in [1.807, 2.05) is 19.9 Å². The molecule has 1 aromatic carbocycles. The summed E-state index contributed by atoms with van der Waals surface area (Å²) >= 11 is 5.77. The predicted molar refractivity (Wildman–Crippen MR) is 119 cm³/mol. The summed E-state index contributed by atoms with van der Waals surface area (Å²) in [6.45, 7) is 6.13. The van der Waals surface area contributed by atoms with Crippen LogP contribution in [-0.4, -0.2) is 59.5 Å². The van der Waals surface area contributed by atoms with E-state index in [2.05, 4.69) is 10.3 Å². The normalized spacial score (nSPS) is 23.5. The van der Waals surface area contributed by atoms with Gasteiger partial charge in [-0.05, 0) is 36.1 Å². The average Bonchev–Trinajstić information content (AvgIpc) is 3.39. The van der Waals surface area contributed by atoms with Crippen LogP contribution in [0.25, 0.3) is 5.32 Å². The van der Waals surface area contributed by atoms with Gasteiger partial charge in [-0.1, -0.05) is 56.6 Å². The Kier molecular flexibility index (Phi) is 13.1. The third-order valence-corrected chi connectivity index (χ3v) is 5.32. The number of benzene rings is 1. The Morgan fingerprint density at radius 2 is 1.94 bits per heavy atom. The van der Waals surface area contributed by atoms with E-state index in [0.717, 1.165) is 11.4 Å². The second kappa shape index (κ2) is 14.2. The van der Waals surface area contributed by atoms with Crippen LogP contribution in [0.2, 0.25) is 5.02 Å². The third kappa shape index (κ3) is 6.85. The molecular weight excluding hydrogens is 464 g/mol. The van der Waals surface area contributed by atoms with Gasteiger partial charge >= 0.3 is 51.4 Å². The number of aromatic amines is 1. The zero-order chi connectivity index (χ0) is 23.1. The number of halogens is 2. The Morgan fingerprint density at radius 1 is 1.25 bits per heavy atom. The van der Waals surface area contributed by atoms with Crippen molar-refractivity contribution in [3.05, 3.63) is 57.2 Å². The summed E-state index contributed by atoms with van der Waals surface area (Å²) in [6, 6.07) is 5.01. The fraction of sp³-hybridized carbons (Fsp3) is 0.500. The monoisotopic (exact) mass is 493 g/mol. The number of H-pyrrole nitrogens is 1. The number of hydrogen-bond donors (Lipinski definition) is 4. The van der Waals surface area contributed by atoms with Crippen LogP contribution in [0.1, 0.15) is 43.6 Å². The van der Waals surface area contributed by atoms with Crippen molar-refractivity contribution < 1.29 is 75.5 Å². The van der Waals surface area contributed by atoms with Crippen molar-refractivity contribution in [2.75, 3.05) is 20.3 Å². The van der Waals surface area contributed by atoms with Gasteiger partial charge in [-0.3, -0.25) is 0 Å². The van der Waals surface area contributed by atoms with Crippen molar-refractivity contribution in [3.8, 4) is 0 Å². The zero-order valence-corrected chi connectivity index (χ0v) is 23.0. The van der Waals surface area contributed by atoms with Crippen molar-refractivity contribution in [3.63, 3.8) is 0 Å². The van der Waals surface area contributed by atoms with Crippen molar-refractivity contribution in [1.29, 1.82) is 5.41 Å². The topological polar surface area (TPSA) is 113 Å². The molecule has 7 nitrogen and oxygen atoms in total. The third-order valence-electron chi connectivity index (χ3n) is 5.03.